The molecule has 0 atom stereocenters. The summed E-state index contributed by atoms with van der Waals surface area (Å²) in [6, 6.07) is 0. The Morgan fingerprint density at radius 3 is 1.23 bits per heavy atom. The number of unbranched alkanes of at least 4 members (excludes halogenated alkanes) is 12. The average molecular weight is 523 g/mol. The fourth-order valence-corrected chi connectivity index (χ4v) is 4.02. The SMILES string of the molecule is CCCCCCCCCCCCCCCC(=O)O.Oc1c(Cl)c(Cl)c(Cl)c(Cl)c1Cl. The first-order valence-corrected chi connectivity index (χ1v) is 12.5. The van der Waals surface area contributed by atoms with Gasteiger partial charge in [0, 0.05) is 6.42 Å². The van der Waals surface area contributed by atoms with E-state index < -0.39 is 5.97 Å². The minimum absolute atomic E-state index is 0.00904. The summed E-state index contributed by atoms with van der Waals surface area (Å²) >= 11 is 27.9. The van der Waals surface area contributed by atoms with Crippen LogP contribution in [0.4, 0.5) is 0 Å². The van der Waals surface area contributed by atoms with Gasteiger partial charge in [0.25, 0.3) is 0 Å². The van der Waals surface area contributed by atoms with Crippen LogP contribution in [0.3, 0.4) is 0 Å². The third-order valence-corrected chi connectivity index (χ3v) is 6.94. The molecule has 1 rings (SSSR count). The van der Waals surface area contributed by atoms with Crippen molar-refractivity contribution in [3.8, 4) is 5.75 Å². The van der Waals surface area contributed by atoms with E-state index in [4.69, 9.17) is 63.1 Å². The van der Waals surface area contributed by atoms with Crippen LogP contribution < -0.4 is 0 Å². The topological polar surface area (TPSA) is 57.5 Å². The van der Waals surface area contributed by atoms with Crippen molar-refractivity contribution in [2.75, 3.05) is 0 Å². The zero-order valence-corrected chi connectivity index (χ0v) is 21.4. The van der Waals surface area contributed by atoms with Gasteiger partial charge in [0.15, 0.2) is 5.75 Å². The number of carbonyl (C=O) groups is 1. The van der Waals surface area contributed by atoms with Crippen LogP contribution in [-0.2, 0) is 4.79 Å². The van der Waals surface area contributed by atoms with Gasteiger partial charge in [-0.3, -0.25) is 4.79 Å². The zero-order valence-electron chi connectivity index (χ0n) is 17.6. The van der Waals surface area contributed by atoms with E-state index in [1.807, 2.05) is 0 Å². The van der Waals surface area contributed by atoms with E-state index >= 15 is 0 Å². The largest absolute Gasteiger partial charge is 0.505 e. The second-order valence-corrected chi connectivity index (χ2v) is 9.19. The molecule has 0 spiro atoms. The van der Waals surface area contributed by atoms with E-state index in [1.165, 1.54) is 70.6 Å². The first-order valence-electron chi connectivity index (χ1n) is 10.7. The third-order valence-electron chi connectivity index (χ3n) is 4.68. The molecule has 0 aliphatic heterocycles. The number of hydrogen-bond acceptors (Lipinski definition) is 2. The molecule has 174 valence electrons. The number of phenols is 1. The molecule has 0 bridgehead atoms. The van der Waals surface area contributed by atoms with Gasteiger partial charge < -0.3 is 10.2 Å². The van der Waals surface area contributed by atoms with Crippen molar-refractivity contribution in [1.29, 1.82) is 0 Å². The summed E-state index contributed by atoms with van der Waals surface area (Å²) in [6.07, 6.45) is 17.3. The summed E-state index contributed by atoms with van der Waals surface area (Å²) in [5.41, 5.74) is 0. The highest BCUT2D eigenvalue weighted by Crippen LogP contribution is 2.47. The van der Waals surface area contributed by atoms with Crippen LogP contribution >= 0.6 is 58.0 Å². The van der Waals surface area contributed by atoms with E-state index in [9.17, 15) is 9.90 Å². The number of aliphatic carboxylic acids is 1. The van der Waals surface area contributed by atoms with Crippen LogP contribution in [0.5, 0.6) is 5.75 Å². The first-order chi connectivity index (χ1) is 14.2. The molecule has 0 aliphatic carbocycles. The summed E-state index contributed by atoms with van der Waals surface area (Å²) in [4.78, 5) is 10.3. The monoisotopic (exact) mass is 520 g/mol. The molecule has 0 unspecified atom stereocenters. The maximum atomic E-state index is 10.3. The van der Waals surface area contributed by atoms with Gasteiger partial charge in [-0.1, -0.05) is 142 Å². The molecule has 0 radical (unpaired) electrons. The van der Waals surface area contributed by atoms with Crippen LogP contribution in [-0.4, -0.2) is 16.2 Å². The Bertz CT molecular complexity index is 518. The Morgan fingerprint density at radius 1 is 0.600 bits per heavy atom. The lowest BCUT2D eigenvalue weighted by Crippen LogP contribution is -1.93. The normalized spacial score (nSPS) is 10.6. The molecule has 0 fully saturated rings. The van der Waals surface area contributed by atoms with Crippen LogP contribution in [0.15, 0.2) is 0 Å². The Kier molecular flexibility index (Phi) is 18.5. The molecule has 30 heavy (non-hydrogen) atoms. The molecule has 0 heterocycles. The van der Waals surface area contributed by atoms with E-state index in [1.54, 1.807) is 0 Å². The fourth-order valence-electron chi connectivity index (χ4n) is 2.89. The van der Waals surface area contributed by atoms with Gasteiger partial charge in [0.2, 0.25) is 0 Å². The molecule has 1 aromatic carbocycles. The Morgan fingerprint density at radius 2 is 0.900 bits per heavy atom. The summed E-state index contributed by atoms with van der Waals surface area (Å²) in [6.45, 7) is 2.26. The van der Waals surface area contributed by atoms with Crippen molar-refractivity contribution in [3.05, 3.63) is 25.1 Å². The van der Waals surface area contributed by atoms with Gasteiger partial charge >= 0.3 is 5.97 Å². The summed E-state index contributed by atoms with van der Waals surface area (Å²) < 4.78 is 0. The van der Waals surface area contributed by atoms with Gasteiger partial charge in [-0.2, -0.15) is 0 Å². The molecular formula is C22H33Cl5O3. The highest BCUT2D eigenvalue weighted by atomic mass is 35.5. The molecule has 0 aliphatic rings. The van der Waals surface area contributed by atoms with Gasteiger partial charge in [-0.15, -0.1) is 0 Å². The van der Waals surface area contributed by atoms with E-state index in [0.29, 0.717) is 6.42 Å². The predicted molar refractivity (Wildman–Crippen MR) is 131 cm³/mol. The first kappa shape index (κ1) is 29.9. The molecule has 8 heteroatoms. The third kappa shape index (κ3) is 13.4. The number of benzene rings is 1. The standard InChI is InChI=1S/C16H32O2.C6HCl5O/c1-2-3-4-5-6-7-8-9-10-11-12-13-14-15-16(17)18;7-1-2(8)4(10)6(12)5(11)3(1)9/h2-15H2,1H3,(H,17,18);12H. The summed E-state index contributed by atoms with van der Waals surface area (Å²) in [5.74, 6) is -1.02. The van der Waals surface area contributed by atoms with Crippen molar-refractivity contribution in [3.63, 3.8) is 0 Å². The molecule has 1 aromatic rings. The fraction of sp³-hybridized carbons (Fsp3) is 0.682. The lowest BCUT2D eigenvalue weighted by Gasteiger charge is -2.06. The highest BCUT2D eigenvalue weighted by molar-refractivity contribution is 6.55. The van der Waals surface area contributed by atoms with Crippen molar-refractivity contribution in [2.24, 2.45) is 0 Å². The Balaban J connectivity index is 0.000000604. The molecule has 2 N–H and O–H groups in total. The maximum Gasteiger partial charge on any atom is 0.303 e. The molecular weight excluding hydrogens is 490 g/mol. The second-order valence-electron chi connectivity index (χ2n) is 7.30. The van der Waals surface area contributed by atoms with Gasteiger partial charge in [0.05, 0.1) is 15.1 Å². The summed E-state index contributed by atoms with van der Waals surface area (Å²) in [7, 11) is 0. The zero-order chi connectivity index (χ0) is 22.9. The molecule has 0 saturated carbocycles. The van der Waals surface area contributed by atoms with Crippen molar-refractivity contribution >= 4 is 64.0 Å². The van der Waals surface area contributed by atoms with Gasteiger partial charge in [0.1, 0.15) is 10.0 Å². The second kappa shape index (κ2) is 18.5. The molecule has 3 nitrogen and oxygen atoms in total. The van der Waals surface area contributed by atoms with Crippen molar-refractivity contribution in [2.45, 2.75) is 96.8 Å². The predicted octanol–water partition coefficient (Wildman–Crippen LogP) is 10.2. The minimum Gasteiger partial charge on any atom is -0.505 e. The van der Waals surface area contributed by atoms with Gasteiger partial charge in [-0.25, -0.2) is 0 Å². The highest BCUT2D eigenvalue weighted by Gasteiger charge is 2.18. The number of phenolic OH excluding ortho intramolecular Hbond substituents is 1. The van der Waals surface area contributed by atoms with Crippen molar-refractivity contribution < 1.29 is 15.0 Å². The van der Waals surface area contributed by atoms with E-state index in [0.717, 1.165) is 12.8 Å². The number of carboxylic acids is 1. The minimum atomic E-state index is -0.655. The van der Waals surface area contributed by atoms with Crippen LogP contribution in [0, 0.1) is 0 Å². The van der Waals surface area contributed by atoms with Crippen LogP contribution in [0.1, 0.15) is 96.8 Å². The smallest absolute Gasteiger partial charge is 0.303 e. The maximum absolute atomic E-state index is 10.3. The number of hydrogen-bond donors (Lipinski definition) is 2. The molecule has 0 saturated heterocycles. The quantitative estimate of drug-likeness (QED) is 0.145. The summed E-state index contributed by atoms with van der Waals surface area (Å²) in [5, 5.41) is 17.5. The Labute approximate surface area is 206 Å². The number of halogens is 5. The number of carboxylic acid groups (broad SMARTS) is 1. The number of rotatable bonds is 14. The van der Waals surface area contributed by atoms with Crippen LogP contribution in [0.25, 0.3) is 0 Å². The average Bonchev–Trinajstić information content (AvgIpc) is 2.73. The number of aromatic hydroxyl groups is 1. The molecule has 0 amide bonds. The van der Waals surface area contributed by atoms with Crippen LogP contribution in [0.2, 0.25) is 25.1 Å². The van der Waals surface area contributed by atoms with Gasteiger partial charge in [-0.05, 0) is 6.42 Å². The van der Waals surface area contributed by atoms with Crippen molar-refractivity contribution in [1.82, 2.24) is 0 Å². The van der Waals surface area contributed by atoms with E-state index in [-0.39, 0.29) is 30.9 Å². The lowest BCUT2D eigenvalue weighted by molar-refractivity contribution is -0.137. The molecule has 0 aromatic heterocycles. The Hall–Kier alpha value is -0.0600. The van der Waals surface area contributed by atoms with E-state index in [2.05, 4.69) is 6.92 Å². The lowest BCUT2D eigenvalue weighted by atomic mass is 10.0.